The number of hydrogen-bond acceptors (Lipinski definition) is 6. The van der Waals surface area contributed by atoms with E-state index in [4.69, 9.17) is 16.3 Å². The van der Waals surface area contributed by atoms with E-state index in [-0.39, 0.29) is 5.28 Å². The molecule has 1 heterocycles. The molecule has 0 radical (unpaired) electrons. The molecule has 0 atom stereocenters. The zero-order valence-electron chi connectivity index (χ0n) is 11.3. The monoisotopic (exact) mass is 310 g/mol. The van der Waals surface area contributed by atoms with Crippen LogP contribution in [0.5, 0.6) is 5.75 Å². The third kappa shape index (κ3) is 4.25. The van der Waals surface area contributed by atoms with Crippen LogP contribution in [0.25, 0.3) is 0 Å². The van der Waals surface area contributed by atoms with Crippen molar-refractivity contribution in [3.63, 3.8) is 0 Å². The summed E-state index contributed by atoms with van der Waals surface area (Å²) in [6.45, 7) is 2.87. The van der Waals surface area contributed by atoms with Gasteiger partial charge in [0, 0.05) is 11.4 Å². The average molecular weight is 311 g/mol. The van der Waals surface area contributed by atoms with Gasteiger partial charge in [0.2, 0.25) is 11.2 Å². The lowest BCUT2D eigenvalue weighted by Gasteiger charge is -2.06. The highest BCUT2D eigenvalue weighted by molar-refractivity contribution is 7.99. The van der Waals surface area contributed by atoms with E-state index >= 15 is 0 Å². The summed E-state index contributed by atoms with van der Waals surface area (Å²) in [5.41, 5.74) is 0. The Morgan fingerprint density at radius 2 is 2.15 bits per heavy atom. The van der Waals surface area contributed by atoms with Crippen molar-refractivity contribution in [2.45, 2.75) is 23.4 Å². The molecule has 0 unspecified atom stereocenters. The summed E-state index contributed by atoms with van der Waals surface area (Å²) in [7, 11) is 1.64. The van der Waals surface area contributed by atoms with Crippen molar-refractivity contribution >= 4 is 29.3 Å². The SMILES string of the molecule is CCCNc1nc(Cl)nc(Sc2cccc(OC)c2)n1. The molecule has 2 aromatic rings. The maximum Gasteiger partial charge on any atom is 0.228 e. The number of halogens is 1. The molecule has 0 amide bonds. The number of anilines is 1. The number of nitrogens with one attached hydrogen (secondary N) is 1. The van der Waals surface area contributed by atoms with Gasteiger partial charge >= 0.3 is 0 Å². The second-order valence-corrected chi connectivity index (χ2v) is 5.30. The van der Waals surface area contributed by atoms with Gasteiger partial charge < -0.3 is 10.1 Å². The highest BCUT2D eigenvalue weighted by Crippen LogP contribution is 2.28. The summed E-state index contributed by atoms with van der Waals surface area (Å²) in [5, 5.41) is 3.84. The summed E-state index contributed by atoms with van der Waals surface area (Å²) in [5.74, 6) is 1.29. The Hall–Kier alpha value is -1.53. The van der Waals surface area contributed by atoms with Gasteiger partial charge in [0.05, 0.1) is 7.11 Å². The predicted octanol–water partition coefficient (Wildman–Crippen LogP) is 3.51. The van der Waals surface area contributed by atoms with Crippen molar-refractivity contribution in [2.75, 3.05) is 19.0 Å². The minimum Gasteiger partial charge on any atom is -0.497 e. The van der Waals surface area contributed by atoms with Gasteiger partial charge in [-0.3, -0.25) is 0 Å². The Labute approximate surface area is 127 Å². The Balaban J connectivity index is 2.17. The molecule has 0 aliphatic rings. The van der Waals surface area contributed by atoms with E-state index in [0.29, 0.717) is 11.1 Å². The van der Waals surface area contributed by atoms with Crippen LogP contribution in [-0.4, -0.2) is 28.6 Å². The van der Waals surface area contributed by atoms with Crippen LogP contribution in [0, 0.1) is 0 Å². The van der Waals surface area contributed by atoms with Gasteiger partial charge in [0.1, 0.15) is 5.75 Å². The van der Waals surface area contributed by atoms with Crippen LogP contribution < -0.4 is 10.1 Å². The zero-order valence-corrected chi connectivity index (χ0v) is 12.8. The Bertz CT molecular complexity index is 582. The quantitative estimate of drug-likeness (QED) is 0.881. The Kier molecular flexibility index (Phi) is 5.43. The first-order valence-corrected chi connectivity index (χ1v) is 7.38. The molecule has 0 bridgehead atoms. The first-order valence-electron chi connectivity index (χ1n) is 6.18. The zero-order chi connectivity index (χ0) is 14.4. The third-order valence-electron chi connectivity index (χ3n) is 2.37. The lowest BCUT2D eigenvalue weighted by molar-refractivity contribution is 0.413. The molecule has 5 nitrogen and oxygen atoms in total. The summed E-state index contributed by atoms with van der Waals surface area (Å²) in [4.78, 5) is 13.5. The summed E-state index contributed by atoms with van der Waals surface area (Å²) >= 11 is 7.33. The number of benzene rings is 1. The molecule has 106 valence electrons. The molecule has 1 aromatic heterocycles. The van der Waals surface area contributed by atoms with Crippen molar-refractivity contribution in [1.29, 1.82) is 0 Å². The Morgan fingerprint density at radius 1 is 1.30 bits per heavy atom. The molecular formula is C13H15ClN4OS. The largest absolute Gasteiger partial charge is 0.497 e. The van der Waals surface area contributed by atoms with E-state index < -0.39 is 0 Å². The van der Waals surface area contributed by atoms with Crippen LogP contribution in [0.15, 0.2) is 34.3 Å². The average Bonchev–Trinajstić information content (AvgIpc) is 2.44. The molecule has 20 heavy (non-hydrogen) atoms. The highest BCUT2D eigenvalue weighted by Gasteiger charge is 2.07. The second-order valence-electron chi connectivity index (χ2n) is 3.92. The molecule has 1 aromatic carbocycles. The van der Waals surface area contributed by atoms with Gasteiger partial charge in [-0.2, -0.15) is 15.0 Å². The molecule has 1 N–H and O–H groups in total. The number of nitrogens with zero attached hydrogens (tertiary/aromatic N) is 3. The fraction of sp³-hybridized carbons (Fsp3) is 0.308. The van der Waals surface area contributed by atoms with Gasteiger partial charge in [0.15, 0.2) is 5.16 Å². The van der Waals surface area contributed by atoms with E-state index in [9.17, 15) is 0 Å². The summed E-state index contributed by atoms with van der Waals surface area (Å²) in [6.07, 6.45) is 0.988. The first kappa shape index (κ1) is 14.9. The van der Waals surface area contributed by atoms with Gasteiger partial charge in [-0.15, -0.1) is 0 Å². The lowest BCUT2D eigenvalue weighted by atomic mass is 10.3. The van der Waals surface area contributed by atoms with E-state index in [0.717, 1.165) is 23.6 Å². The fourth-order valence-electron chi connectivity index (χ4n) is 1.46. The minimum atomic E-state index is 0.184. The van der Waals surface area contributed by atoms with Crippen LogP contribution >= 0.6 is 23.4 Å². The summed E-state index contributed by atoms with van der Waals surface area (Å²) in [6, 6.07) is 7.68. The molecule has 0 aliphatic carbocycles. The molecule has 0 fully saturated rings. The van der Waals surface area contributed by atoms with Gasteiger partial charge in [0.25, 0.3) is 0 Å². The van der Waals surface area contributed by atoms with Crippen LogP contribution in [0.2, 0.25) is 5.28 Å². The maximum absolute atomic E-state index is 5.91. The summed E-state index contributed by atoms with van der Waals surface area (Å²) < 4.78 is 5.19. The van der Waals surface area contributed by atoms with Gasteiger partial charge in [-0.25, -0.2) is 0 Å². The van der Waals surface area contributed by atoms with Crippen LogP contribution in [0.3, 0.4) is 0 Å². The van der Waals surface area contributed by atoms with E-state index in [1.807, 2.05) is 24.3 Å². The second kappa shape index (κ2) is 7.31. The molecule has 0 saturated heterocycles. The van der Waals surface area contributed by atoms with Crippen molar-refractivity contribution < 1.29 is 4.74 Å². The lowest BCUT2D eigenvalue weighted by Crippen LogP contribution is -2.06. The number of ether oxygens (including phenoxy) is 1. The third-order valence-corrected chi connectivity index (χ3v) is 3.39. The number of rotatable bonds is 6. The van der Waals surface area contributed by atoms with Crippen molar-refractivity contribution in [3.05, 3.63) is 29.5 Å². The van der Waals surface area contributed by atoms with E-state index in [1.165, 1.54) is 11.8 Å². The van der Waals surface area contributed by atoms with Crippen molar-refractivity contribution in [1.82, 2.24) is 15.0 Å². The fourth-order valence-corrected chi connectivity index (χ4v) is 2.47. The molecule has 2 rings (SSSR count). The van der Waals surface area contributed by atoms with Gasteiger partial charge in [-0.05, 0) is 48.0 Å². The molecule has 7 heteroatoms. The molecule has 0 spiro atoms. The van der Waals surface area contributed by atoms with Crippen LogP contribution in [0.1, 0.15) is 13.3 Å². The van der Waals surface area contributed by atoms with Crippen LogP contribution in [0.4, 0.5) is 5.95 Å². The van der Waals surface area contributed by atoms with Crippen molar-refractivity contribution in [3.8, 4) is 5.75 Å². The van der Waals surface area contributed by atoms with Gasteiger partial charge in [-0.1, -0.05) is 13.0 Å². The standard InChI is InChI=1S/C13H15ClN4OS/c1-3-7-15-12-16-11(14)17-13(18-12)20-10-6-4-5-9(8-10)19-2/h4-6,8H,3,7H2,1-2H3,(H,15,16,17,18). The maximum atomic E-state index is 5.91. The smallest absolute Gasteiger partial charge is 0.228 e. The topological polar surface area (TPSA) is 59.9 Å². The number of aromatic nitrogens is 3. The minimum absolute atomic E-state index is 0.184. The normalized spacial score (nSPS) is 10.3. The molecular weight excluding hydrogens is 296 g/mol. The number of methoxy groups -OCH3 is 1. The number of hydrogen-bond donors (Lipinski definition) is 1. The van der Waals surface area contributed by atoms with E-state index in [1.54, 1.807) is 7.11 Å². The van der Waals surface area contributed by atoms with Crippen molar-refractivity contribution in [2.24, 2.45) is 0 Å². The highest BCUT2D eigenvalue weighted by atomic mass is 35.5. The first-order chi connectivity index (χ1) is 9.71. The van der Waals surface area contributed by atoms with Crippen LogP contribution in [-0.2, 0) is 0 Å². The predicted molar refractivity (Wildman–Crippen MR) is 80.7 cm³/mol. The van der Waals surface area contributed by atoms with E-state index in [2.05, 4.69) is 27.2 Å². The Morgan fingerprint density at radius 3 is 2.90 bits per heavy atom. The molecule has 0 saturated carbocycles. The molecule has 0 aliphatic heterocycles.